The molecule has 0 spiro atoms. The average Bonchev–Trinajstić information content (AvgIpc) is 2.37. The van der Waals surface area contributed by atoms with Gasteiger partial charge in [-0.2, -0.15) is 15.0 Å². The quantitative estimate of drug-likeness (QED) is 0.625. The SMILES string of the molecule is COC1CC(n2nccn2)C1. The molecule has 1 fully saturated rings. The fourth-order valence-corrected chi connectivity index (χ4v) is 1.33. The highest BCUT2D eigenvalue weighted by atomic mass is 16.5. The second-order valence-corrected chi connectivity index (χ2v) is 2.83. The van der Waals surface area contributed by atoms with Gasteiger partial charge < -0.3 is 4.74 Å². The summed E-state index contributed by atoms with van der Waals surface area (Å²) < 4.78 is 5.15. The first-order valence-corrected chi connectivity index (χ1v) is 3.78. The number of ether oxygens (including phenoxy) is 1. The van der Waals surface area contributed by atoms with E-state index in [2.05, 4.69) is 10.2 Å². The molecule has 0 N–H and O–H groups in total. The van der Waals surface area contributed by atoms with Gasteiger partial charge in [0, 0.05) is 7.11 Å². The van der Waals surface area contributed by atoms with Crippen molar-refractivity contribution in [2.24, 2.45) is 0 Å². The molecule has 4 nitrogen and oxygen atoms in total. The number of rotatable bonds is 2. The Labute approximate surface area is 65.2 Å². The topological polar surface area (TPSA) is 39.9 Å². The van der Waals surface area contributed by atoms with Gasteiger partial charge in [0.2, 0.25) is 0 Å². The first-order valence-electron chi connectivity index (χ1n) is 3.78. The molecule has 1 aliphatic rings. The van der Waals surface area contributed by atoms with Crippen molar-refractivity contribution >= 4 is 0 Å². The maximum atomic E-state index is 5.15. The third-order valence-corrected chi connectivity index (χ3v) is 2.17. The lowest BCUT2D eigenvalue weighted by molar-refractivity contribution is -0.00196. The highest BCUT2D eigenvalue weighted by Gasteiger charge is 2.31. The summed E-state index contributed by atoms with van der Waals surface area (Å²) in [6.45, 7) is 0. The number of aromatic nitrogens is 3. The normalized spacial score (nSPS) is 29.9. The van der Waals surface area contributed by atoms with E-state index in [9.17, 15) is 0 Å². The lowest BCUT2D eigenvalue weighted by Gasteiger charge is -2.32. The molecule has 0 aromatic carbocycles. The Morgan fingerprint density at radius 3 is 2.55 bits per heavy atom. The van der Waals surface area contributed by atoms with Crippen LogP contribution in [0.4, 0.5) is 0 Å². The minimum Gasteiger partial charge on any atom is -0.381 e. The van der Waals surface area contributed by atoms with Crippen molar-refractivity contribution in [2.45, 2.75) is 25.0 Å². The standard InChI is InChI=1S/C7H11N3O/c1-11-7-4-6(5-7)10-8-2-3-9-10/h2-3,6-7H,4-5H2,1H3. The second-order valence-electron chi connectivity index (χ2n) is 2.83. The smallest absolute Gasteiger partial charge is 0.0765 e. The average molecular weight is 153 g/mol. The minimum absolute atomic E-state index is 0.422. The molecule has 1 saturated carbocycles. The third kappa shape index (κ3) is 1.14. The zero-order chi connectivity index (χ0) is 7.68. The van der Waals surface area contributed by atoms with Crippen LogP contribution >= 0.6 is 0 Å². The van der Waals surface area contributed by atoms with Crippen molar-refractivity contribution in [3.05, 3.63) is 12.4 Å². The molecule has 0 atom stereocenters. The van der Waals surface area contributed by atoms with E-state index < -0.39 is 0 Å². The van der Waals surface area contributed by atoms with Crippen LogP contribution in [0.2, 0.25) is 0 Å². The van der Waals surface area contributed by atoms with E-state index in [4.69, 9.17) is 4.74 Å². The first-order chi connectivity index (χ1) is 5.40. The molecule has 0 amide bonds. The summed E-state index contributed by atoms with van der Waals surface area (Å²) in [5.41, 5.74) is 0. The van der Waals surface area contributed by atoms with Gasteiger partial charge in [0.05, 0.1) is 24.5 Å². The Kier molecular flexibility index (Phi) is 1.62. The molecule has 2 rings (SSSR count). The van der Waals surface area contributed by atoms with Crippen molar-refractivity contribution in [3.63, 3.8) is 0 Å². The zero-order valence-electron chi connectivity index (χ0n) is 6.47. The largest absolute Gasteiger partial charge is 0.381 e. The highest BCUT2D eigenvalue weighted by Crippen LogP contribution is 2.32. The summed E-state index contributed by atoms with van der Waals surface area (Å²) in [7, 11) is 1.75. The fraction of sp³-hybridized carbons (Fsp3) is 0.714. The highest BCUT2D eigenvalue weighted by molar-refractivity contribution is 4.82. The van der Waals surface area contributed by atoms with Gasteiger partial charge in [-0.15, -0.1) is 0 Å². The summed E-state index contributed by atoms with van der Waals surface area (Å²) in [5, 5.41) is 8.11. The van der Waals surface area contributed by atoms with E-state index in [0.717, 1.165) is 12.8 Å². The maximum absolute atomic E-state index is 5.15. The van der Waals surface area contributed by atoms with Crippen molar-refractivity contribution in [1.29, 1.82) is 0 Å². The molecule has 60 valence electrons. The van der Waals surface area contributed by atoms with E-state index >= 15 is 0 Å². The molecular formula is C7H11N3O. The minimum atomic E-state index is 0.422. The molecule has 1 aromatic rings. The fourth-order valence-electron chi connectivity index (χ4n) is 1.33. The molecule has 1 aliphatic carbocycles. The molecule has 0 radical (unpaired) electrons. The van der Waals surface area contributed by atoms with Crippen LogP contribution in [-0.2, 0) is 4.74 Å². The Balaban J connectivity index is 1.92. The monoisotopic (exact) mass is 153 g/mol. The summed E-state index contributed by atoms with van der Waals surface area (Å²) in [5.74, 6) is 0. The molecule has 1 heterocycles. The molecule has 0 bridgehead atoms. The number of methoxy groups -OCH3 is 1. The zero-order valence-corrected chi connectivity index (χ0v) is 6.47. The summed E-state index contributed by atoms with van der Waals surface area (Å²) >= 11 is 0. The van der Waals surface area contributed by atoms with Crippen LogP contribution in [0.1, 0.15) is 18.9 Å². The van der Waals surface area contributed by atoms with E-state index in [0.29, 0.717) is 12.1 Å². The van der Waals surface area contributed by atoms with Crippen molar-refractivity contribution in [2.75, 3.05) is 7.11 Å². The number of hydrogen-bond donors (Lipinski definition) is 0. The van der Waals surface area contributed by atoms with Gasteiger partial charge in [-0.05, 0) is 12.8 Å². The Morgan fingerprint density at radius 2 is 2.00 bits per heavy atom. The molecule has 0 unspecified atom stereocenters. The van der Waals surface area contributed by atoms with E-state index in [-0.39, 0.29) is 0 Å². The van der Waals surface area contributed by atoms with Gasteiger partial charge in [0.15, 0.2) is 0 Å². The molecule has 11 heavy (non-hydrogen) atoms. The molecule has 4 heteroatoms. The first kappa shape index (κ1) is 6.79. The number of nitrogens with zero attached hydrogens (tertiary/aromatic N) is 3. The Morgan fingerprint density at radius 1 is 1.36 bits per heavy atom. The maximum Gasteiger partial charge on any atom is 0.0765 e. The summed E-state index contributed by atoms with van der Waals surface area (Å²) in [6.07, 6.45) is 5.93. The van der Waals surface area contributed by atoms with Gasteiger partial charge in [0.25, 0.3) is 0 Å². The molecule has 1 aromatic heterocycles. The molecule has 0 aliphatic heterocycles. The van der Waals surface area contributed by atoms with Gasteiger partial charge in [-0.1, -0.05) is 0 Å². The van der Waals surface area contributed by atoms with Crippen LogP contribution in [0.15, 0.2) is 12.4 Å². The molecule has 0 saturated heterocycles. The molecular weight excluding hydrogens is 142 g/mol. The van der Waals surface area contributed by atoms with Gasteiger partial charge >= 0.3 is 0 Å². The van der Waals surface area contributed by atoms with E-state index in [1.165, 1.54) is 0 Å². The van der Waals surface area contributed by atoms with Gasteiger partial charge in [-0.3, -0.25) is 0 Å². The third-order valence-electron chi connectivity index (χ3n) is 2.17. The van der Waals surface area contributed by atoms with Crippen LogP contribution in [0, 0.1) is 0 Å². The van der Waals surface area contributed by atoms with Crippen molar-refractivity contribution in [1.82, 2.24) is 15.0 Å². The Bertz CT molecular complexity index is 216. The lowest BCUT2D eigenvalue weighted by atomic mass is 9.90. The predicted molar refractivity (Wildman–Crippen MR) is 39.1 cm³/mol. The predicted octanol–water partition coefficient (Wildman–Crippen LogP) is 0.628. The number of hydrogen-bond acceptors (Lipinski definition) is 3. The van der Waals surface area contributed by atoms with Gasteiger partial charge in [0.1, 0.15) is 0 Å². The van der Waals surface area contributed by atoms with Crippen LogP contribution in [0.5, 0.6) is 0 Å². The second kappa shape index (κ2) is 2.62. The van der Waals surface area contributed by atoms with Gasteiger partial charge in [-0.25, -0.2) is 0 Å². The van der Waals surface area contributed by atoms with Crippen LogP contribution in [0.25, 0.3) is 0 Å². The van der Waals surface area contributed by atoms with Crippen LogP contribution in [-0.4, -0.2) is 28.2 Å². The van der Waals surface area contributed by atoms with E-state index in [1.54, 1.807) is 24.3 Å². The van der Waals surface area contributed by atoms with E-state index in [1.807, 2.05) is 0 Å². The lowest BCUT2D eigenvalue weighted by Crippen LogP contribution is -2.33. The summed E-state index contributed by atoms with van der Waals surface area (Å²) in [6, 6.07) is 0.468. The Hall–Kier alpha value is -0.900. The van der Waals surface area contributed by atoms with Crippen LogP contribution < -0.4 is 0 Å². The van der Waals surface area contributed by atoms with Crippen molar-refractivity contribution < 1.29 is 4.74 Å². The van der Waals surface area contributed by atoms with Crippen molar-refractivity contribution in [3.8, 4) is 0 Å². The van der Waals surface area contributed by atoms with Crippen LogP contribution in [0.3, 0.4) is 0 Å². The summed E-state index contributed by atoms with van der Waals surface area (Å²) in [4.78, 5) is 1.76.